The molecule has 1 aromatic carbocycles. The van der Waals surface area contributed by atoms with Crippen LogP contribution in [0.4, 0.5) is 13.2 Å². The zero-order chi connectivity index (χ0) is 16.3. The molecule has 1 heterocycles. The van der Waals surface area contributed by atoms with Gasteiger partial charge in [0.25, 0.3) is 5.91 Å². The summed E-state index contributed by atoms with van der Waals surface area (Å²) < 4.78 is 38.9. The minimum absolute atomic E-state index is 0.0845. The molecular formula is C14H16F3N3O2. The third-order valence-electron chi connectivity index (χ3n) is 3.50. The van der Waals surface area contributed by atoms with Crippen LogP contribution in [0.25, 0.3) is 0 Å². The number of rotatable bonds is 3. The number of benzene rings is 1. The fraction of sp³-hybridized carbons (Fsp3) is 0.429. The van der Waals surface area contributed by atoms with E-state index in [0.717, 1.165) is 6.07 Å². The van der Waals surface area contributed by atoms with Crippen LogP contribution in [-0.2, 0) is 11.0 Å². The van der Waals surface area contributed by atoms with E-state index in [1.807, 2.05) is 0 Å². The van der Waals surface area contributed by atoms with E-state index in [1.165, 1.54) is 23.1 Å². The van der Waals surface area contributed by atoms with Gasteiger partial charge < -0.3 is 10.6 Å². The van der Waals surface area contributed by atoms with Gasteiger partial charge in [-0.1, -0.05) is 12.1 Å². The fourth-order valence-electron chi connectivity index (χ4n) is 2.42. The van der Waals surface area contributed by atoms with Crippen LogP contribution in [-0.4, -0.2) is 54.3 Å². The van der Waals surface area contributed by atoms with Gasteiger partial charge in [-0.05, 0) is 12.1 Å². The average Bonchev–Trinajstić information content (AvgIpc) is 2.46. The zero-order valence-corrected chi connectivity index (χ0v) is 11.8. The van der Waals surface area contributed by atoms with Crippen LogP contribution in [0.5, 0.6) is 0 Å². The van der Waals surface area contributed by atoms with Crippen LogP contribution in [0.1, 0.15) is 15.9 Å². The summed E-state index contributed by atoms with van der Waals surface area (Å²) in [4.78, 5) is 26.3. The standard InChI is InChI=1S/C14H16F3N3O2/c15-14(16,17)11-4-2-1-3-10(11)13(22)20-7-5-19(6-8-20)9-12(18)21/h1-4H,5-9H2,(H2,18,21). The highest BCUT2D eigenvalue weighted by Crippen LogP contribution is 2.32. The summed E-state index contributed by atoms with van der Waals surface area (Å²) in [7, 11) is 0. The predicted octanol–water partition coefficient (Wildman–Crippen LogP) is 0.949. The quantitative estimate of drug-likeness (QED) is 0.903. The van der Waals surface area contributed by atoms with Gasteiger partial charge in [-0.15, -0.1) is 0 Å². The number of carbonyl (C=O) groups excluding carboxylic acids is 2. The summed E-state index contributed by atoms with van der Waals surface area (Å²) >= 11 is 0. The Balaban J connectivity index is 2.09. The van der Waals surface area contributed by atoms with Gasteiger partial charge in [-0.3, -0.25) is 14.5 Å². The highest BCUT2D eigenvalue weighted by molar-refractivity contribution is 5.96. The minimum Gasteiger partial charge on any atom is -0.369 e. The summed E-state index contributed by atoms with van der Waals surface area (Å²) in [5, 5.41) is 0. The smallest absolute Gasteiger partial charge is 0.369 e. The Morgan fingerprint density at radius 1 is 1.09 bits per heavy atom. The Morgan fingerprint density at radius 2 is 1.68 bits per heavy atom. The third kappa shape index (κ3) is 3.76. The lowest BCUT2D eigenvalue weighted by molar-refractivity contribution is -0.138. The van der Waals surface area contributed by atoms with Gasteiger partial charge in [0.15, 0.2) is 0 Å². The number of carbonyl (C=O) groups is 2. The topological polar surface area (TPSA) is 66.6 Å². The number of nitrogens with zero attached hydrogens (tertiary/aromatic N) is 2. The molecule has 1 aliphatic heterocycles. The first kappa shape index (κ1) is 16.3. The van der Waals surface area contributed by atoms with E-state index in [9.17, 15) is 22.8 Å². The van der Waals surface area contributed by atoms with Crippen LogP contribution in [0, 0.1) is 0 Å². The first-order chi connectivity index (χ1) is 10.3. The Morgan fingerprint density at radius 3 is 2.23 bits per heavy atom. The summed E-state index contributed by atoms with van der Waals surface area (Å²) in [5.74, 6) is -1.12. The number of piperazine rings is 1. The maximum Gasteiger partial charge on any atom is 0.417 e. The third-order valence-corrected chi connectivity index (χ3v) is 3.50. The maximum atomic E-state index is 13.0. The Kier molecular flexibility index (Phi) is 4.70. The van der Waals surface area contributed by atoms with E-state index >= 15 is 0 Å². The van der Waals surface area contributed by atoms with Crippen LogP contribution in [0.2, 0.25) is 0 Å². The van der Waals surface area contributed by atoms with Gasteiger partial charge in [0.1, 0.15) is 0 Å². The monoisotopic (exact) mass is 315 g/mol. The lowest BCUT2D eigenvalue weighted by atomic mass is 10.1. The highest BCUT2D eigenvalue weighted by Gasteiger charge is 2.36. The molecule has 1 saturated heterocycles. The van der Waals surface area contributed by atoms with Crippen molar-refractivity contribution in [1.82, 2.24) is 9.80 Å². The predicted molar refractivity (Wildman–Crippen MR) is 73.0 cm³/mol. The number of hydrogen-bond donors (Lipinski definition) is 1. The van der Waals surface area contributed by atoms with E-state index in [2.05, 4.69) is 0 Å². The molecule has 1 aromatic rings. The van der Waals surface area contributed by atoms with Crippen molar-refractivity contribution in [1.29, 1.82) is 0 Å². The van der Waals surface area contributed by atoms with E-state index < -0.39 is 23.6 Å². The molecule has 0 atom stereocenters. The van der Waals surface area contributed by atoms with Crippen molar-refractivity contribution >= 4 is 11.8 Å². The van der Waals surface area contributed by atoms with Crippen molar-refractivity contribution in [2.75, 3.05) is 32.7 Å². The van der Waals surface area contributed by atoms with Crippen molar-refractivity contribution < 1.29 is 22.8 Å². The second-order valence-corrected chi connectivity index (χ2v) is 5.08. The van der Waals surface area contributed by atoms with Crippen LogP contribution in [0.15, 0.2) is 24.3 Å². The van der Waals surface area contributed by atoms with E-state index in [0.29, 0.717) is 13.1 Å². The molecule has 0 aromatic heterocycles. The van der Waals surface area contributed by atoms with Crippen LogP contribution < -0.4 is 5.73 Å². The van der Waals surface area contributed by atoms with Gasteiger partial charge in [-0.2, -0.15) is 13.2 Å². The van der Waals surface area contributed by atoms with Crippen molar-refractivity contribution in [2.45, 2.75) is 6.18 Å². The first-order valence-corrected chi connectivity index (χ1v) is 6.75. The summed E-state index contributed by atoms with van der Waals surface area (Å²) in [6.45, 7) is 1.42. The van der Waals surface area contributed by atoms with Gasteiger partial charge >= 0.3 is 6.18 Å². The molecule has 0 unspecified atom stereocenters. The van der Waals surface area contributed by atoms with Crippen molar-refractivity contribution in [3.63, 3.8) is 0 Å². The van der Waals surface area contributed by atoms with Gasteiger partial charge in [0, 0.05) is 26.2 Å². The highest BCUT2D eigenvalue weighted by atomic mass is 19.4. The SMILES string of the molecule is NC(=O)CN1CCN(C(=O)c2ccccc2C(F)(F)F)CC1. The molecule has 0 spiro atoms. The van der Waals surface area contributed by atoms with Gasteiger partial charge in [0.2, 0.25) is 5.91 Å². The van der Waals surface area contributed by atoms with Gasteiger partial charge in [-0.25, -0.2) is 0 Å². The average molecular weight is 315 g/mol. The second-order valence-electron chi connectivity index (χ2n) is 5.08. The number of hydrogen-bond acceptors (Lipinski definition) is 3. The lowest BCUT2D eigenvalue weighted by Gasteiger charge is -2.34. The molecule has 1 fully saturated rings. The first-order valence-electron chi connectivity index (χ1n) is 6.75. The van der Waals surface area contributed by atoms with E-state index in [4.69, 9.17) is 5.73 Å². The zero-order valence-electron chi connectivity index (χ0n) is 11.8. The van der Waals surface area contributed by atoms with E-state index in [1.54, 1.807) is 4.90 Å². The van der Waals surface area contributed by atoms with Crippen LogP contribution >= 0.6 is 0 Å². The largest absolute Gasteiger partial charge is 0.417 e. The molecule has 8 heteroatoms. The Bertz CT molecular complexity index is 567. The van der Waals surface area contributed by atoms with Crippen LogP contribution in [0.3, 0.4) is 0 Å². The number of amides is 2. The molecule has 5 nitrogen and oxygen atoms in total. The molecular weight excluding hydrogens is 299 g/mol. The lowest BCUT2D eigenvalue weighted by Crippen LogP contribution is -2.50. The molecule has 0 radical (unpaired) electrons. The number of halogens is 3. The summed E-state index contributed by atoms with van der Waals surface area (Å²) in [6, 6.07) is 4.74. The summed E-state index contributed by atoms with van der Waals surface area (Å²) in [6.07, 6.45) is -4.57. The van der Waals surface area contributed by atoms with E-state index in [-0.39, 0.29) is 25.2 Å². The molecule has 2 amide bonds. The van der Waals surface area contributed by atoms with Crippen molar-refractivity contribution in [3.8, 4) is 0 Å². The second kappa shape index (κ2) is 6.35. The normalized spacial score (nSPS) is 16.6. The molecule has 0 saturated carbocycles. The minimum atomic E-state index is -4.57. The Hall–Kier alpha value is -2.09. The summed E-state index contributed by atoms with van der Waals surface area (Å²) in [5.41, 5.74) is 3.81. The molecule has 120 valence electrons. The molecule has 0 bridgehead atoms. The molecule has 2 N–H and O–H groups in total. The Labute approximate surface area is 125 Å². The van der Waals surface area contributed by atoms with Crippen molar-refractivity contribution in [3.05, 3.63) is 35.4 Å². The number of alkyl halides is 3. The molecule has 0 aliphatic carbocycles. The number of primary amides is 1. The molecule has 1 aliphatic rings. The fourth-order valence-corrected chi connectivity index (χ4v) is 2.42. The molecule has 22 heavy (non-hydrogen) atoms. The van der Waals surface area contributed by atoms with Crippen molar-refractivity contribution in [2.24, 2.45) is 5.73 Å². The molecule has 2 rings (SSSR count). The van der Waals surface area contributed by atoms with Gasteiger partial charge in [0.05, 0.1) is 17.7 Å². The number of nitrogens with two attached hydrogens (primary N) is 1. The maximum absolute atomic E-state index is 13.0.